The van der Waals surface area contributed by atoms with Crippen LogP contribution in [0.25, 0.3) is 0 Å². The molecule has 0 aromatic carbocycles. The second-order valence-electron chi connectivity index (χ2n) is 3.95. The number of rotatable bonds is 6. The first-order valence-corrected chi connectivity index (χ1v) is 8.42. The minimum Gasteiger partial charge on any atom is -1.00 e. The van der Waals surface area contributed by atoms with Gasteiger partial charge in [-0.05, 0) is 6.42 Å². The molecular formula is C8H11F6LiNO6S2+. The number of hydrogen-bond acceptors (Lipinski definition) is 5. The summed E-state index contributed by atoms with van der Waals surface area (Å²) in [4.78, 5) is 10.9. The Labute approximate surface area is 146 Å². The monoisotopic (exact) mass is 402 g/mol. The third-order valence-corrected chi connectivity index (χ3v) is 5.92. The zero-order valence-electron chi connectivity index (χ0n) is 13.1. The van der Waals surface area contributed by atoms with E-state index in [9.17, 15) is 48.0 Å². The van der Waals surface area contributed by atoms with Crippen LogP contribution < -0.4 is 18.9 Å². The van der Waals surface area contributed by atoms with Crippen LogP contribution in [0.1, 0.15) is 27.6 Å². The molecular weight excluding hydrogens is 391 g/mol. The summed E-state index contributed by atoms with van der Waals surface area (Å²) in [5, 5.41) is 8.69. The molecule has 0 atom stereocenters. The van der Waals surface area contributed by atoms with Gasteiger partial charge in [0.05, 0.1) is 0 Å². The maximum Gasteiger partial charge on any atom is 1.00 e. The van der Waals surface area contributed by atoms with E-state index in [-0.39, 0.29) is 33.1 Å². The molecule has 0 aliphatic heterocycles. The topological polar surface area (TPSA) is 109 Å². The first kappa shape index (κ1) is 25.5. The van der Waals surface area contributed by atoms with Gasteiger partial charge in [-0.25, -0.2) is 4.79 Å². The van der Waals surface area contributed by atoms with Crippen molar-refractivity contribution in [1.29, 1.82) is 0 Å². The fraction of sp³-hybridized carbons (Fsp3) is 0.750. The fourth-order valence-corrected chi connectivity index (χ4v) is 4.06. The Morgan fingerprint density at radius 1 is 1.00 bits per heavy atom. The normalized spacial score (nSPS) is 13.1. The van der Waals surface area contributed by atoms with Gasteiger partial charge in [0.15, 0.2) is 0 Å². The number of carboxylic acids is 1. The van der Waals surface area contributed by atoms with Crippen molar-refractivity contribution in [3.8, 4) is 0 Å². The predicted molar refractivity (Wildman–Crippen MR) is 63.5 cm³/mol. The molecule has 0 aromatic rings. The van der Waals surface area contributed by atoms with Crippen LogP contribution >= 0.6 is 0 Å². The molecule has 0 unspecified atom stereocenters. The Kier molecular flexibility index (Phi) is 8.55. The molecule has 0 aliphatic rings. The van der Waals surface area contributed by atoms with Crippen LogP contribution in [0.5, 0.6) is 0 Å². The molecule has 7 nitrogen and oxygen atoms in total. The number of halogens is 6. The van der Waals surface area contributed by atoms with E-state index in [2.05, 4.69) is 0 Å². The van der Waals surface area contributed by atoms with Crippen LogP contribution in [-0.4, -0.2) is 48.0 Å². The molecule has 0 amide bonds. The van der Waals surface area contributed by atoms with Crippen molar-refractivity contribution >= 4 is 31.7 Å². The van der Waals surface area contributed by atoms with Gasteiger partial charge < -0.3 is 6.53 Å². The van der Waals surface area contributed by atoms with Crippen molar-refractivity contribution in [2.45, 2.75) is 37.2 Å². The van der Waals surface area contributed by atoms with Gasteiger partial charge in [0, 0.05) is 9.81 Å². The third kappa shape index (κ3) is 5.10. The average molecular weight is 402 g/mol. The van der Waals surface area contributed by atoms with Crippen LogP contribution in [-0.2, 0) is 24.8 Å². The summed E-state index contributed by atoms with van der Waals surface area (Å²) in [7, 11) is -14.3. The van der Waals surface area contributed by atoms with Crippen molar-refractivity contribution < 1.29 is 76.8 Å². The summed E-state index contributed by atoms with van der Waals surface area (Å²) >= 11 is 0. The van der Waals surface area contributed by atoms with E-state index in [0.29, 0.717) is 0 Å². The van der Waals surface area contributed by atoms with Gasteiger partial charge in [0.25, 0.3) is 5.71 Å². The number of nitrogens with zero attached hydrogens (tertiary/aromatic N) is 1. The van der Waals surface area contributed by atoms with Crippen molar-refractivity contribution in [2.75, 3.05) is 0 Å². The van der Waals surface area contributed by atoms with E-state index in [1.165, 1.54) is 6.92 Å². The average Bonchev–Trinajstić information content (AvgIpc) is 2.30. The molecule has 0 aliphatic carbocycles. The number of unbranched alkanes of at least 4 members (excludes halogenated alkanes) is 1. The van der Waals surface area contributed by atoms with Gasteiger partial charge in [0.2, 0.25) is 0 Å². The van der Waals surface area contributed by atoms with Gasteiger partial charge in [-0.2, -0.15) is 43.2 Å². The van der Waals surface area contributed by atoms with E-state index in [4.69, 9.17) is 5.11 Å². The molecule has 0 saturated carbocycles. The fourth-order valence-electron chi connectivity index (χ4n) is 1.23. The molecule has 0 fully saturated rings. The van der Waals surface area contributed by atoms with E-state index >= 15 is 0 Å². The number of hydrogen-bond donors (Lipinski definition) is 1. The standard InChI is InChI=1S/C8H9F6NO6S2.Li.H/c1-2-3-4-5(6(16)17)15(22(18,19)7(9,10)11)23(20,21)8(12,13)14;;/h2-4H2,1H3;;/q;+1;-1/p+1. The van der Waals surface area contributed by atoms with Crippen molar-refractivity contribution in [2.24, 2.45) is 0 Å². The van der Waals surface area contributed by atoms with E-state index in [0.717, 1.165) is 0 Å². The minimum atomic E-state index is -7.15. The molecule has 0 aromatic heterocycles. The van der Waals surface area contributed by atoms with Gasteiger partial charge in [-0.1, -0.05) is 13.3 Å². The van der Waals surface area contributed by atoms with E-state index in [1.807, 2.05) is 0 Å². The molecule has 0 radical (unpaired) electrons. The number of alkyl halides is 6. The van der Waals surface area contributed by atoms with Crippen LogP contribution in [0, 0.1) is 0 Å². The zero-order valence-corrected chi connectivity index (χ0v) is 13.8. The predicted octanol–water partition coefficient (Wildman–Crippen LogP) is -1.47. The summed E-state index contributed by atoms with van der Waals surface area (Å²) in [5.41, 5.74) is -15.0. The van der Waals surface area contributed by atoms with Crippen molar-refractivity contribution in [3.05, 3.63) is 0 Å². The number of aliphatic carboxylic acids is 1. The molecule has 0 rings (SSSR count). The molecule has 0 bridgehead atoms. The molecule has 0 heterocycles. The number of sulfonamides is 2. The minimum absolute atomic E-state index is 0. The Morgan fingerprint density at radius 2 is 1.33 bits per heavy atom. The molecule has 1 N–H and O–H groups in total. The van der Waals surface area contributed by atoms with Crippen molar-refractivity contribution in [3.63, 3.8) is 0 Å². The molecule has 24 heavy (non-hydrogen) atoms. The van der Waals surface area contributed by atoms with Gasteiger partial charge in [0.1, 0.15) is 0 Å². The summed E-state index contributed by atoms with van der Waals surface area (Å²) in [6.45, 7) is 1.36. The first-order valence-electron chi connectivity index (χ1n) is 5.54. The maximum atomic E-state index is 12.5. The van der Waals surface area contributed by atoms with Crippen molar-refractivity contribution in [1.82, 2.24) is 0 Å². The summed E-state index contributed by atoms with van der Waals surface area (Å²) < 4.78 is 118. The maximum absolute atomic E-state index is 12.5. The largest absolute Gasteiger partial charge is 1.00 e. The third-order valence-electron chi connectivity index (χ3n) is 2.26. The second-order valence-corrected chi connectivity index (χ2v) is 7.74. The Morgan fingerprint density at radius 3 is 1.54 bits per heavy atom. The first-order chi connectivity index (χ1) is 10.0. The van der Waals surface area contributed by atoms with Crippen LogP contribution in [0.2, 0.25) is 0 Å². The second kappa shape index (κ2) is 8.06. The summed E-state index contributed by atoms with van der Waals surface area (Å²) in [6, 6.07) is 0. The van der Waals surface area contributed by atoms with E-state index in [1.54, 1.807) is 0 Å². The molecule has 0 saturated heterocycles. The Hall–Kier alpha value is -0.783. The number of carbonyl (C=O) groups is 1. The SMILES string of the molecule is CCCCC(C(=O)O)=[N+](S(=O)(=O)C(F)(F)F)S(=O)(=O)C(F)(F)F.[H-].[Li+]. The molecule has 0 spiro atoms. The zero-order chi connectivity index (χ0) is 18.9. The van der Waals surface area contributed by atoms with Crippen LogP contribution in [0.3, 0.4) is 0 Å². The quantitative estimate of drug-likeness (QED) is 0.252. The molecule has 138 valence electrons. The molecule has 16 heteroatoms. The van der Waals surface area contributed by atoms with Gasteiger partial charge in [-0.15, -0.1) is 0 Å². The number of carboxylic acid groups (broad SMARTS) is 1. The van der Waals surface area contributed by atoms with Gasteiger partial charge >= 0.3 is 55.9 Å². The summed E-state index contributed by atoms with van der Waals surface area (Å²) in [6.07, 6.45) is -1.46. The van der Waals surface area contributed by atoms with Crippen LogP contribution in [0.15, 0.2) is 0 Å². The van der Waals surface area contributed by atoms with E-state index < -0.39 is 52.6 Å². The Bertz CT molecular complexity index is 668. The van der Waals surface area contributed by atoms with Crippen LogP contribution in [0.4, 0.5) is 26.3 Å². The smallest absolute Gasteiger partial charge is 1.00 e. The summed E-state index contributed by atoms with van der Waals surface area (Å²) in [5.74, 6) is -2.54. The Balaban J connectivity index is -0.00000242. The van der Waals surface area contributed by atoms with Gasteiger partial charge in [-0.3, -0.25) is 0 Å².